The summed E-state index contributed by atoms with van der Waals surface area (Å²) in [7, 11) is 1.55. The van der Waals surface area contributed by atoms with Gasteiger partial charge in [-0.25, -0.2) is 0 Å². The van der Waals surface area contributed by atoms with Gasteiger partial charge in [-0.3, -0.25) is 4.79 Å². The standard InChI is InChI=1S/C13H17ClN2O2.ClH/c1-18-12-8-9(5-6-10(12)14)16-13(17)11-4-2-3-7-15-11;/h5-6,8,11,15H,2-4,7H2,1H3,(H,16,17);1H/t11-;/m1./s1. The number of hydrogen-bond acceptors (Lipinski definition) is 3. The third-order valence-corrected chi connectivity index (χ3v) is 3.36. The first-order valence-corrected chi connectivity index (χ1v) is 6.46. The second-order valence-corrected chi connectivity index (χ2v) is 4.75. The number of benzene rings is 1. The Kier molecular flexibility index (Phi) is 6.42. The molecule has 1 aromatic carbocycles. The van der Waals surface area contributed by atoms with Crippen LogP contribution in [0.25, 0.3) is 0 Å². The monoisotopic (exact) mass is 304 g/mol. The Hall–Kier alpha value is -0.970. The number of carbonyl (C=O) groups excluding carboxylic acids is 1. The topological polar surface area (TPSA) is 50.4 Å². The van der Waals surface area contributed by atoms with Gasteiger partial charge in [0, 0.05) is 11.8 Å². The first kappa shape index (κ1) is 16.1. The van der Waals surface area contributed by atoms with Crippen molar-refractivity contribution in [2.75, 3.05) is 19.0 Å². The molecule has 0 bridgehead atoms. The number of hydrogen-bond donors (Lipinski definition) is 2. The van der Waals surface area contributed by atoms with Crippen LogP contribution in [0, 0.1) is 0 Å². The van der Waals surface area contributed by atoms with Gasteiger partial charge in [-0.15, -0.1) is 12.4 Å². The van der Waals surface area contributed by atoms with E-state index in [0.29, 0.717) is 16.5 Å². The van der Waals surface area contributed by atoms with E-state index in [2.05, 4.69) is 10.6 Å². The maximum atomic E-state index is 12.0. The molecule has 0 aliphatic carbocycles. The van der Waals surface area contributed by atoms with E-state index in [9.17, 15) is 4.79 Å². The van der Waals surface area contributed by atoms with Gasteiger partial charge in [-0.1, -0.05) is 18.0 Å². The molecule has 1 atom stereocenters. The van der Waals surface area contributed by atoms with Gasteiger partial charge in [0.15, 0.2) is 0 Å². The molecular formula is C13H18Cl2N2O2. The number of anilines is 1. The molecule has 4 nitrogen and oxygen atoms in total. The van der Waals surface area contributed by atoms with Gasteiger partial charge in [0.2, 0.25) is 5.91 Å². The molecule has 106 valence electrons. The highest BCUT2D eigenvalue weighted by Crippen LogP contribution is 2.27. The lowest BCUT2D eigenvalue weighted by Gasteiger charge is -2.22. The average molecular weight is 305 g/mol. The number of nitrogens with one attached hydrogen (secondary N) is 2. The summed E-state index contributed by atoms with van der Waals surface area (Å²) in [6.45, 7) is 0.905. The fraction of sp³-hybridized carbons (Fsp3) is 0.462. The summed E-state index contributed by atoms with van der Waals surface area (Å²) < 4.78 is 5.11. The minimum atomic E-state index is -0.0968. The quantitative estimate of drug-likeness (QED) is 0.903. The first-order chi connectivity index (χ1) is 8.70. The summed E-state index contributed by atoms with van der Waals surface area (Å²) in [5.41, 5.74) is 0.702. The van der Waals surface area contributed by atoms with Crippen LogP contribution in [0.1, 0.15) is 19.3 Å². The Labute approximate surface area is 124 Å². The molecule has 1 aliphatic rings. The van der Waals surface area contributed by atoms with Crippen molar-refractivity contribution in [1.29, 1.82) is 0 Å². The van der Waals surface area contributed by atoms with Crippen LogP contribution in [0.5, 0.6) is 5.75 Å². The zero-order valence-electron chi connectivity index (χ0n) is 10.7. The molecule has 0 unspecified atom stereocenters. The molecule has 0 saturated carbocycles. The van der Waals surface area contributed by atoms with E-state index < -0.39 is 0 Å². The number of methoxy groups -OCH3 is 1. The third kappa shape index (κ3) is 4.27. The third-order valence-electron chi connectivity index (χ3n) is 3.05. The van der Waals surface area contributed by atoms with Gasteiger partial charge in [0.1, 0.15) is 5.75 Å². The van der Waals surface area contributed by atoms with E-state index in [1.165, 1.54) is 0 Å². The van der Waals surface area contributed by atoms with Crippen LogP contribution >= 0.6 is 24.0 Å². The number of carbonyl (C=O) groups is 1. The predicted molar refractivity (Wildman–Crippen MR) is 79.5 cm³/mol. The molecule has 2 rings (SSSR count). The highest BCUT2D eigenvalue weighted by molar-refractivity contribution is 6.32. The maximum absolute atomic E-state index is 12.0. The van der Waals surface area contributed by atoms with Crippen LogP contribution in [-0.4, -0.2) is 25.6 Å². The molecule has 1 saturated heterocycles. The number of halogens is 2. The number of ether oxygens (including phenoxy) is 1. The number of amides is 1. The van der Waals surface area contributed by atoms with Gasteiger partial charge in [-0.05, 0) is 31.5 Å². The van der Waals surface area contributed by atoms with Crippen LogP contribution in [0.2, 0.25) is 5.02 Å². The Morgan fingerprint density at radius 1 is 1.47 bits per heavy atom. The molecule has 1 heterocycles. The molecule has 1 aromatic rings. The highest BCUT2D eigenvalue weighted by Gasteiger charge is 2.20. The van der Waals surface area contributed by atoms with Gasteiger partial charge >= 0.3 is 0 Å². The Bertz CT molecular complexity index is 435. The van der Waals surface area contributed by atoms with Crippen LogP contribution in [0.15, 0.2) is 18.2 Å². The normalized spacial score (nSPS) is 18.3. The van der Waals surface area contributed by atoms with E-state index in [-0.39, 0.29) is 24.4 Å². The van der Waals surface area contributed by atoms with Gasteiger partial charge in [-0.2, -0.15) is 0 Å². The van der Waals surface area contributed by atoms with Crippen molar-refractivity contribution in [2.24, 2.45) is 0 Å². The molecular weight excluding hydrogens is 287 g/mol. The zero-order chi connectivity index (χ0) is 13.0. The molecule has 6 heteroatoms. The van der Waals surface area contributed by atoms with Crippen LogP contribution in [0.3, 0.4) is 0 Å². The van der Waals surface area contributed by atoms with Crippen molar-refractivity contribution in [3.05, 3.63) is 23.2 Å². The van der Waals surface area contributed by atoms with Gasteiger partial charge < -0.3 is 15.4 Å². The van der Waals surface area contributed by atoms with Gasteiger partial charge in [0.25, 0.3) is 0 Å². The summed E-state index contributed by atoms with van der Waals surface area (Å²) >= 11 is 5.93. The van der Waals surface area contributed by atoms with Crippen molar-refractivity contribution < 1.29 is 9.53 Å². The number of rotatable bonds is 3. The van der Waals surface area contributed by atoms with E-state index in [1.807, 2.05) is 0 Å². The lowest BCUT2D eigenvalue weighted by molar-refractivity contribution is -0.118. The van der Waals surface area contributed by atoms with Crippen molar-refractivity contribution in [2.45, 2.75) is 25.3 Å². The largest absolute Gasteiger partial charge is 0.495 e. The van der Waals surface area contributed by atoms with Gasteiger partial charge in [0.05, 0.1) is 18.2 Å². The second kappa shape index (κ2) is 7.58. The maximum Gasteiger partial charge on any atom is 0.241 e. The van der Waals surface area contributed by atoms with Crippen molar-refractivity contribution in [3.63, 3.8) is 0 Å². The lowest BCUT2D eigenvalue weighted by atomic mass is 10.0. The summed E-state index contributed by atoms with van der Waals surface area (Å²) in [4.78, 5) is 12.0. The van der Waals surface area contributed by atoms with Crippen molar-refractivity contribution >= 4 is 35.6 Å². The molecule has 0 aromatic heterocycles. The summed E-state index contributed by atoms with van der Waals surface area (Å²) in [6, 6.07) is 5.11. The molecule has 19 heavy (non-hydrogen) atoms. The predicted octanol–water partition coefficient (Wildman–Crippen LogP) is 2.85. The summed E-state index contributed by atoms with van der Waals surface area (Å²) in [5.74, 6) is 0.560. The number of piperidine rings is 1. The highest BCUT2D eigenvalue weighted by atomic mass is 35.5. The van der Waals surface area contributed by atoms with Crippen molar-refractivity contribution in [1.82, 2.24) is 5.32 Å². The van der Waals surface area contributed by atoms with Crippen LogP contribution in [0.4, 0.5) is 5.69 Å². The van der Waals surface area contributed by atoms with Crippen LogP contribution in [-0.2, 0) is 4.79 Å². The second-order valence-electron chi connectivity index (χ2n) is 4.34. The van der Waals surface area contributed by atoms with E-state index in [0.717, 1.165) is 25.8 Å². The lowest BCUT2D eigenvalue weighted by Crippen LogP contribution is -2.43. The smallest absolute Gasteiger partial charge is 0.241 e. The Morgan fingerprint density at radius 3 is 2.89 bits per heavy atom. The molecule has 0 radical (unpaired) electrons. The summed E-state index contributed by atoms with van der Waals surface area (Å²) in [5, 5.41) is 6.62. The fourth-order valence-electron chi connectivity index (χ4n) is 2.04. The van der Waals surface area contributed by atoms with Crippen LogP contribution < -0.4 is 15.4 Å². The molecule has 1 amide bonds. The minimum Gasteiger partial charge on any atom is -0.495 e. The van der Waals surface area contributed by atoms with E-state index in [4.69, 9.17) is 16.3 Å². The van der Waals surface area contributed by atoms with E-state index in [1.54, 1.807) is 25.3 Å². The van der Waals surface area contributed by atoms with E-state index >= 15 is 0 Å². The summed E-state index contributed by atoms with van der Waals surface area (Å²) in [6.07, 6.45) is 3.12. The Morgan fingerprint density at radius 2 is 2.26 bits per heavy atom. The SMILES string of the molecule is COc1cc(NC(=O)[C@H]2CCCCN2)ccc1Cl.Cl. The Balaban J connectivity index is 0.00000180. The zero-order valence-corrected chi connectivity index (χ0v) is 12.3. The fourth-order valence-corrected chi connectivity index (χ4v) is 2.24. The molecule has 2 N–H and O–H groups in total. The molecule has 0 spiro atoms. The van der Waals surface area contributed by atoms with Crippen molar-refractivity contribution in [3.8, 4) is 5.75 Å². The first-order valence-electron chi connectivity index (χ1n) is 6.08. The minimum absolute atomic E-state index is 0. The molecule has 1 aliphatic heterocycles. The average Bonchev–Trinajstić information content (AvgIpc) is 2.42. The molecule has 1 fully saturated rings.